The van der Waals surface area contributed by atoms with Gasteiger partial charge in [0.15, 0.2) is 0 Å². The zero-order valence-corrected chi connectivity index (χ0v) is 21.2. The molecule has 3 heterocycles. The van der Waals surface area contributed by atoms with E-state index in [1.165, 1.54) is 11.9 Å². The molecule has 2 N–H and O–H groups in total. The molecule has 5 amide bonds. The lowest BCUT2D eigenvalue weighted by Crippen LogP contribution is -2.56. The van der Waals surface area contributed by atoms with Crippen molar-refractivity contribution in [2.45, 2.75) is 45.3 Å². The molecule has 1 atom stereocenters. The Morgan fingerprint density at radius 3 is 2.46 bits per heavy atom. The largest absolute Gasteiger partial charge is 0.431 e. The lowest BCUT2D eigenvalue weighted by atomic mass is 9.89. The number of carbonyl (C=O) groups is 4. The smallest absolute Gasteiger partial charge is 0.338 e. The number of amides is 5. The normalized spacial score (nSPS) is 17.0. The first-order chi connectivity index (χ1) is 17.5. The Morgan fingerprint density at radius 1 is 1.05 bits per heavy atom. The van der Waals surface area contributed by atoms with Crippen LogP contribution in [-0.4, -0.2) is 57.4 Å². The summed E-state index contributed by atoms with van der Waals surface area (Å²) in [4.78, 5) is 57.6. The molecule has 0 radical (unpaired) electrons. The minimum atomic E-state index is -0.745. The number of hydrogen-bond acceptors (Lipinski definition) is 5. The van der Waals surface area contributed by atoms with E-state index in [1.807, 2.05) is 36.4 Å². The summed E-state index contributed by atoms with van der Waals surface area (Å²) in [7, 11) is 1.54. The molecule has 0 spiro atoms. The van der Waals surface area contributed by atoms with Gasteiger partial charge in [-0.1, -0.05) is 30.3 Å². The van der Waals surface area contributed by atoms with Crippen LogP contribution in [0.25, 0.3) is 10.9 Å². The number of fused-ring (bicyclic) bond motifs is 6. The van der Waals surface area contributed by atoms with Gasteiger partial charge in [-0.05, 0) is 50.1 Å². The molecule has 5 rings (SSSR count). The summed E-state index contributed by atoms with van der Waals surface area (Å²) in [5, 5.41) is 3.61. The Bertz CT molecular complexity index is 1420. The Hall–Kier alpha value is -4.34. The zero-order valence-electron chi connectivity index (χ0n) is 21.2. The summed E-state index contributed by atoms with van der Waals surface area (Å²) in [6.45, 7) is 6.72. The summed E-state index contributed by atoms with van der Waals surface area (Å²) < 4.78 is 2.14. The highest BCUT2D eigenvalue weighted by molar-refractivity contribution is 6.04. The number of aromatic nitrogens is 1. The van der Waals surface area contributed by atoms with Crippen molar-refractivity contribution >= 4 is 34.8 Å². The van der Waals surface area contributed by atoms with Crippen LogP contribution >= 0.6 is 0 Å². The first-order valence-corrected chi connectivity index (χ1v) is 12.1. The van der Waals surface area contributed by atoms with Crippen LogP contribution in [0.15, 0.2) is 48.5 Å². The molecule has 192 valence electrons. The maximum absolute atomic E-state index is 13.0. The standard InChI is InChI=1S/C27H29N5O5/c1-27(2,3)28-25(35)37-29-23(33)17-11-9-16(10-12-17)13-32-20-8-6-5-7-18(20)22-19-14-31(15-21(22)32)26(36)30(4)24(19)34/h5-12,19H,13-15H2,1-4H3,(H,28,35)(H,29,33). The minimum Gasteiger partial charge on any atom is -0.338 e. The lowest BCUT2D eigenvalue weighted by molar-refractivity contribution is -0.132. The summed E-state index contributed by atoms with van der Waals surface area (Å²) in [6.07, 6.45) is -0.745. The van der Waals surface area contributed by atoms with E-state index in [0.717, 1.165) is 27.7 Å². The molecular formula is C27H29N5O5. The van der Waals surface area contributed by atoms with Gasteiger partial charge in [0.05, 0.1) is 12.5 Å². The second-order valence-corrected chi connectivity index (χ2v) is 10.5. The molecule has 1 saturated heterocycles. The van der Waals surface area contributed by atoms with Crippen molar-refractivity contribution in [3.8, 4) is 0 Å². The highest BCUT2D eigenvalue weighted by Crippen LogP contribution is 2.40. The van der Waals surface area contributed by atoms with E-state index >= 15 is 0 Å². The van der Waals surface area contributed by atoms with Crippen molar-refractivity contribution in [2.24, 2.45) is 0 Å². The van der Waals surface area contributed by atoms with Crippen LogP contribution < -0.4 is 10.8 Å². The molecule has 2 aromatic carbocycles. The third kappa shape index (κ3) is 4.50. The van der Waals surface area contributed by atoms with Gasteiger partial charge in [-0.15, -0.1) is 0 Å². The van der Waals surface area contributed by atoms with Gasteiger partial charge in [0.2, 0.25) is 5.91 Å². The predicted molar refractivity (Wildman–Crippen MR) is 136 cm³/mol. The Kier molecular flexibility index (Phi) is 5.89. The number of benzene rings is 2. The number of urea groups is 1. The van der Waals surface area contributed by atoms with Gasteiger partial charge < -0.3 is 19.6 Å². The van der Waals surface area contributed by atoms with Crippen molar-refractivity contribution in [2.75, 3.05) is 13.6 Å². The molecule has 2 bridgehead atoms. The first-order valence-electron chi connectivity index (χ1n) is 12.1. The van der Waals surface area contributed by atoms with E-state index in [1.54, 1.807) is 37.8 Å². The molecule has 10 heteroatoms. The third-order valence-electron chi connectivity index (χ3n) is 6.67. The fourth-order valence-electron chi connectivity index (χ4n) is 4.99. The van der Waals surface area contributed by atoms with E-state index in [9.17, 15) is 19.2 Å². The molecule has 37 heavy (non-hydrogen) atoms. The van der Waals surface area contributed by atoms with Gasteiger partial charge in [0, 0.05) is 47.8 Å². The molecule has 1 fully saturated rings. The highest BCUT2D eigenvalue weighted by atomic mass is 16.7. The number of nitrogens with one attached hydrogen (secondary N) is 2. The maximum Gasteiger partial charge on any atom is 0.431 e. The maximum atomic E-state index is 13.0. The van der Waals surface area contributed by atoms with Gasteiger partial charge >= 0.3 is 12.1 Å². The van der Waals surface area contributed by atoms with E-state index in [2.05, 4.69) is 15.4 Å². The average molecular weight is 504 g/mol. The lowest BCUT2D eigenvalue weighted by Gasteiger charge is -2.41. The monoisotopic (exact) mass is 503 g/mol. The molecule has 1 unspecified atom stereocenters. The molecule has 1 aromatic heterocycles. The van der Waals surface area contributed by atoms with Crippen molar-refractivity contribution in [3.63, 3.8) is 0 Å². The van der Waals surface area contributed by atoms with Gasteiger partial charge in [-0.25, -0.2) is 9.59 Å². The minimum absolute atomic E-state index is 0.182. The average Bonchev–Trinajstić information content (AvgIpc) is 3.17. The Balaban J connectivity index is 1.38. The Labute approximate surface area is 214 Å². The zero-order chi connectivity index (χ0) is 26.5. The van der Waals surface area contributed by atoms with Gasteiger partial charge in [0.1, 0.15) is 0 Å². The number of rotatable bonds is 3. The number of hydrogen-bond donors (Lipinski definition) is 2. The molecule has 3 aromatic rings. The summed E-state index contributed by atoms with van der Waals surface area (Å²) >= 11 is 0. The van der Waals surface area contributed by atoms with E-state index in [-0.39, 0.29) is 17.9 Å². The van der Waals surface area contributed by atoms with Crippen LogP contribution in [0.2, 0.25) is 0 Å². The molecule has 0 aliphatic carbocycles. The van der Waals surface area contributed by atoms with Crippen molar-refractivity contribution in [1.82, 2.24) is 25.2 Å². The second-order valence-electron chi connectivity index (χ2n) is 10.5. The van der Waals surface area contributed by atoms with Gasteiger partial charge in [-0.2, -0.15) is 5.48 Å². The van der Waals surface area contributed by atoms with E-state index < -0.39 is 17.5 Å². The highest BCUT2D eigenvalue weighted by Gasteiger charge is 2.44. The third-order valence-corrected chi connectivity index (χ3v) is 6.67. The fourth-order valence-corrected chi connectivity index (χ4v) is 4.99. The summed E-state index contributed by atoms with van der Waals surface area (Å²) in [5.74, 6) is -1.11. The fraction of sp³-hybridized carbons (Fsp3) is 0.333. The van der Waals surface area contributed by atoms with Gasteiger partial charge in [-0.3, -0.25) is 14.5 Å². The van der Waals surface area contributed by atoms with Crippen molar-refractivity contribution in [3.05, 3.63) is 70.9 Å². The quantitative estimate of drug-likeness (QED) is 0.533. The van der Waals surface area contributed by atoms with Gasteiger partial charge in [0.25, 0.3) is 5.91 Å². The van der Waals surface area contributed by atoms with Crippen LogP contribution in [0.5, 0.6) is 0 Å². The van der Waals surface area contributed by atoms with Crippen LogP contribution in [-0.2, 0) is 22.7 Å². The van der Waals surface area contributed by atoms with Crippen LogP contribution in [0.3, 0.4) is 0 Å². The van der Waals surface area contributed by atoms with E-state index in [0.29, 0.717) is 25.2 Å². The molecule has 0 saturated carbocycles. The Morgan fingerprint density at radius 2 is 1.76 bits per heavy atom. The number of hydroxylamine groups is 1. The number of carbonyl (C=O) groups excluding carboxylic acids is 4. The van der Waals surface area contributed by atoms with Crippen molar-refractivity contribution < 1.29 is 24.0 Å². The van der Waals surface area contributed by atoms with Crippen LogP contribution in [0.4, 0.5) is 9.59 Å². The second kappa shape index (κ2) is 8.95. The first kappa shape index (κ1) is 24.4. The number of likely N-dealkylation sites (N-methyl/N-ethyl adjacent to an activating group) is 1. The van der Waals surface area contributed by atoms with Crippen molar-refractivity contribution in [1.29, 1.82) is 0 Å². The number of nitrogens with zero attached hydrogens (tertiary/aromatic N) is 3. The number of para-hydroxylation sites is 1. The molecule has 2 aliphatic heterocycles. The van der Waals surface area contributed by atoms with Crippen LogP contribution in [0.1, 0.15) is 53.9 Å². The SMILES string of the molecule is CN1C(=O)C2CN(Cc3c2c2ccccc2n3Cc2ccc(C(=O)NOC(=O)NC(C)(C)C)cc2)C1=O. The molecular weight excluding hydrogens is 474 g/mol. The number of imide groups is 1. The topological polar surface area (TPSA) is 113 Å². The van der Waals surface area contributed by atoms with E-state index in [4.69, 9.17) is 4.84 Å². The summed E-state index contributed by atoms with van der Waals surface area (Å²) in [5.41, 5.74) is 5.87. The van der Waals surface area contributed by atoms with Crippen LogP contribution in [0, 0.1) is 0 Å². The molecule has 2 aliphatic rings. The summed E-state index contributed by atoms with van der Waals surface area (Å²) in [6, 6.07) is 14.7. The molecule has 10 nitrogen and oxygen atoms in total. The predicted octanol–water partition coefficient (Wildman–Crippen LogP) is 3.35.